The smallest absolute Gasteiger partial charge is 0.325 e. The van der Waals surface area contributed by atoms with Gasteiger partial charge in [-0.05, 0) is 24.6 Å². The number of carbonyl (C=O) groups is 2. The summed E-state index contributed by atoms with van der Waals surface area (Å²) in [6.07, 6.45) is 0.694. The van der Waals surface area contributed by atoms with Crippen molar-refractivity contribution >= 4 is 27.8 Å². The summed E-state index contributed by atoms with van der Waals surface area (Å²) in [5, 5.41) is 0. The first-order chi connectivity index (χ1) is 8.97. The standard InChI is InChI=1S/C13H15BrFNO3/c1-3-4-16(8-12(17)19-2)13(18)9-5-10(14)7-11(15)6-9/h5-7H,3-4,8H2,1-2H3. The normalized spacial score (nSPS) is 10.1. The minimum Gasteiger partial charge on any atom is -0.468 e. The molecule has 0 fully saturated rings. The molecule has 0 bridgehead atoms. The van der Waals surface area contributed by atoms with Gasteiger partial charge in [-0.1, -0.05) is 22.9 Å². The van der Waals surface area contributed by atoms with Gasteiger partial charge in [0.15, 0.2) is 0 Å². The first-order valence-electron chi connectivity index (χ1n) is 5.80. The Morgan fingerprint density at radius 1 is 1.37 bits per heavy atom. The fourth-order valence-electron chi connectivity index (χ4n) is 1.60. The minimum absolute atomic E-state index is 0.142. The number of carbonyl (C=O) groups excluding carboxylic acids is 2. The second kappa shape index (κ2) is 7.23. The highest BCUT2D eigenvalue weighted by molar-refractivity contribution is 9.10. The molecule has 0 saturated carbocycles. The molecule has 0 aliphatic carbocycles. The van der Waals surface area contributed by atoms with Crippen molar-refractivity contribution in [3.63, 3.8) is 0 Å². The van der Waals surface area contributed by atoms with Crippen LogP contribution in [0.15, 0.2) is 22.7 Å². The number of amides is 1. The van der Waals surface area contributed by atoms with Gasteiger partial charge in [-0.15, -0.1) is 0 Å². The number of nitrogens with zero attached hydrogens (tertiary/aromatic N) is 1. The number of esters is 1. The predicted octanol–water partition coefficient (Wildman–Crippen LogP) is 2.61. The number of hydrogen-bond donors (Lipinski definition) is 0. The fourth-order valence-corrected chi connectivity index (χ4v) is 2.07. The lowest BCUT2D eigenvalue weighted by atomic mass is 10.2. The average Bonchev–Trinajstić information content (AvgIpc) is 2.36. The van der Waals surface area contributed by atoms with Gasteiger partial charge in [0.05, 0.1) is 7.11 Å². The molecular formula is C13H15BrFNO3. The van der Waals surface area contributed by atoms with Gasteiger partial charge in [-0.3, -0.25) is 9.59 Å². The third-order valence-electron chi connectivity index (χ3n) is 2.44. The van der Waals surface area contributed by atoms with E-state index in [2.05, 4.69) is 20.7 Å². The molecule has 1 aromatic carbocycles. The molecule has 0 saturated heterocycles. The van der Waals surface area contributed by atoms with Crippen molar-refractivity contribution in [3.8, 4) is 0 Å². The summed E-state index contributed by atoms with van der Waals surface area (Å²) in [5.74, 6) is -1.41. The van der Waals surface area contributed by atoms with Crippen molar-refractivity contribution in [3.05, 3.63) is 34.1 Å². The van der Waals surface area contributed by atoms with E-state index in [1.54, 1.807) is 0 Å². The van der Waals surface area contributed by atoms with Crippen LogP contribution in [0.4, 0.5) is 4.39 Å². The zero-order valence-corrected chi connectivity index (χ0v) is 12.4. The molecule has 1 aromatic rings. The van der Waals surface area contributed by atoms with Crippen LogP contribution in [0.2, 0.25) is 0 Å². The van der Waals surface area contributed by atoms with Gasteiger partial charge in [-0.2, -0.15) is 0 Å². The summed E-state index contributed by atoms with van der Waals surface area (Å²) in [5.41, 5.74) is 0.198. The highest BCUT2D eigenvalue weighted by Gasteiger charge is 2.19. The molecule has 0 aliphatic heterocycles. The predicted molar refractivity (Wildman–Crippen MR) is 72.3 cm³/mol. The van der Waals surface area contributed by atoms with Crippen LogP contribution >= 0.6 is 15.9 Å². The average molecular weight is 332 g/mol. The number of ether oxygens (including phenoxy) is 1. The van der Waals surface area contributed by atoms with Crippen LogP contribution in [0.3, 0.4) is 0 Å². The highest BCUT2D eigenvalue weighted by Crippen LogP contribution is 2.16. The van der Waals surface area contributed by atoms with E-state index in [1.165, 1.54) is 24.1 Å². The Balaban J connectivity index is 2.94. The zero-order chi connectivity index (χ0) is 14.4. The van der Waals surface area contributed by atoms with Gasteiger partial charge >= 0.3 is 5.97 Å². The molecule has 0 heterocycles. The molecule has 1 amide bonds. The lowest BCUT2D eigenvalue weighted by molar-refractivity contribution is -0.141. The molecule has 104 valence electrons. The minimum atomic E-state index is -0.507. The number of halogens is 2. The molecule has 0 spiro atoms. The Morgan fingerprint density at radius 3 is 2.58 bits per heavy atom. The number of rotatable bonds is 5. The Labute approximate surface area is 119 Å². The summed E-state index contributed by atoms with van der Waals surface area (Å²) in [6, 6.07) is 3.93. The molecule has 0 aliphatic rings. The molecule has 0 N–H and O–H groups in total. The molecule has 4 nitrogen and oxygen atoms in total. The van der Waals surface area contributed by atoms with Gasteiger partial charge in [0.2, 0.25) is 0 Å². The maximum absolute atomic E-state index is 13.3. The van der Waals surface area contributed by atoms with Gasteiger partial charge in [0, 0.05) is 16.6 Å². The van der Waals surface area contributed by atoms with Crippen LogP contribution in [0.5, 0.6) is 0 Å². The monoisotopic (exact) mass is 331 g/mol. The van der Waals surface area contributed by atoms with Crippen LogP contribution in [-0.2, 0) is 9.53 Å². The Morgan fingerprint density at radius 2 is 2.05 bits per heavy atom. The fraction of sp³-hybridized carbons (Fsp3) is 0.385. The van der Waals surface area contributed by atoms with Crippen molar-refractivity contribution < 1.29 is 18.7 Å². The first-order valence-corrected chi connectivity index (χ1v) is 6.59. The Kier molecular flexibility index (Phi) is 5.95. The van der Waals surface area contributed by atoms with Crippen molar-refractivity contribution in [2.24, 2.45) is 0 Å². The second-order valence-electron chi connectivity index (χ2n) is 3.96. The number of methoxy groups -OCH3 is 1. The Hall–Kier alpha value is -1.43. The van der Waals surface area contributed by atoms with E-state index in [0.717, 1.165) is 6.07 Å². The SMILES string of the molecule is CCCN(CC(=O)OC)C(=O)c1cc(F)cc(Br)c1. The maximum Gasteiger partial charge on any atom is 0.325 e. The third-order valence-corrected chi connectivity index (χ3v) is 2.90. The maximum atomic E-state index is 13.3. The van der Waals surface area contributed by atoms with E-state index in [9.17, 15) is 14.0 Å². The van der Waals surface area contributed by atoms with Crippen LogP contribution in [-0.4, -0.2) is 37.0 Å². The van der Waals surface area contributed by atoms with Gasteiger partial charge in [0.1, 0.15) is 12.4 Å². The molecule has 0 radical (unpaired) electrons. The van der Waals surface area contributed by atoms with E-state index in [-0.39, 0.29) is 12.1 Å². The summed E-state index contributed by atoms with van der Waals surface area (Å²) in [7, 11) is 1.26. The topological polar surface area (TPSA) is 46.6 Å². The quantitative estimate of drug-likeness (QED) is 0.779. The van der Waals surface area contributed by atoms with Gasteiger partial charge in [0.25, 0.3) is 5.91 Å². The van der Waals surface area contributed by atoms with Crippen molar-refractivity contribution in [2.75, 3.05) is 20.2 Å². The second-order valence-corrected chi connectivity index (χ2v) is 4.88. The third kappa shape index (κ3) is 4.63. The molecule has 6 heteroatoms. The highest BCUT2D eigenvalue weighted by atomic mass is 79.9. The van der Waals surface area contributed by atoms with Crippen LogP contribution < -0.4 is 0 Å². The zero-order valence-electron chi connectivity index (χ0n) is 10.8. The van der Waals surface area contributed by atoms with E-state index in [0.29, 0.717) is 17.4 Å². The number of hydrogen-bond acceptors (Lipinski definition) is 3. The van der Waals surface area contributed by atoms with Gasteiger partial charge in [-0.25, -0.2) is 4.39 Å². The summed E-state index contributed by atoms with van der Waals surface area (Å²) in [4.78, 5) is 24.8. The molecule has 0 aromatic heterocycles. The lowest BCUT2D eigenvalue weighted by Gasteiger charge is -2.20. The summed E-state index contributed by atoms with van der Waals surface area (Å²) in [6.45, 7) is 2.15. The van der Waals surface area contributed by atoms with E-state index in [4.69, 9.17) is 0 Å². The van der Waals surface area contributed by atoms with Crippen LogP contribution in [0.25, 0.3) is 0 Å². The van der Waals surface area contributed by atoms with E-state index in [1.807, 2.05) is 6.92 Å². The largest absolute Gasteiger partial charge is 0.468 e. The summed E-state index contributed by atoms with van der Waals surface area (Å²) < 4.78 is 18.3. The van der Waals surface area contributed by atoms with Crippen molar-refractivity contribution in [1.29, 1.82) is 0 Å². The Bertz CT molecular complexity index is 459. The van der Waals surface area contributed by atoms with E-state index < -0.39 is 17.7 Å². The molecular weight excluding hydrogens is 317 g/mol. The van der Waals surface area contributed by atoms with Gasteiger partial charge < -0.3 is 9.64 Å². The van der Waals surface area contributed by atoms with E-state index >= 15 is 0 Å². The van der Waals surface area contributed by atoms with Crippen LogP contribution in [0, 0.1) is 5.82 Å². The first kappa shape index (κ1) is 15.6. The molecule has 0 atom stereocenters. The number of benzene rings is 1. The van der Waals surface area contributed by atoms with Crippen LogP contribution in [0.1, 0.15) is 23.7 Å². The van der Waals surface area contributed by atoms with Crippen molar-refractivity contribution in [2.45, 2.75) is 13.3 Å². The summed E-state index contributed by atoms with van der Waals surface area (Å²) >= 11 is 3.13. The molecule has 1 rings (SSSR count). The lowest BCUT2D eigenvalue weighted by Crippen LogP contribution is -2.36. The van der Waals surface area contributed by atoms with Crippen molar-refractivity contribution in [1.82, 2.24) is 4.90 Å². The molecule has 0 unspecified atom stereocenters. The molecule has 19 heavy (non-hydrogen) atoms.